The lowest BCUT2D eigenvalue weighted by Crippen LogP contribution is -2.61. The van der Waals surface area contributed by atoms with Crippen molar-refractivity contribution >= 4 is 26.5 Å². The van der Waals surface area contributed by atoms with Crippen molar-refractivity contribution < 1.29 is 22.8 Å². The molecule has 3 fully saturated rings. The van der Waals surface area contributed by atoms with Crippen LogP contribution in [-0.2, 0) is 22.8 Å². The Labute approximate surface area is 138 Å². The van der Waals surface area contributed by atoms with Crippen molar-refractivity contribution in [3.05, 3.63) is 0 Å². The molecule has 128 valence electrons. The van der Waals surface area contributed by atoms with Crippen LogP contribution in [0.15, 0.2) is 0 Å². The van der Waals surface area contributed by atoms with Crippen molar-refractivity contribution in [3.63, 3.8) is 0 Å². The van der Waals surface area contributed by atoms with Gasteiger partial charge in [0.2, 0.25) is 0 Å². The molecule has 0 N–H and O–H groups in total. The number of nitrogens with zero attached hydrogens (tertiary/aromatic N) is 1. The molecule has 8 heteroatoms. The smallest absolute Gasteiger partial charge is 0.468 e. The molecule has 0 aliphatic carbocycles. The van der Waals surface area contributed by atoms with Gasteiger partial charge >= 0.3 is 14.8 Å². The van der Waals surface area contributed by atoms with Gasteiger partial charge in [-0.2, -0.15) is 11.8 Å². The Kier molecular flexibility index (Phi) is 6.72. The van der Waals surface area contributed by atoms with Crippen LogP contribution in [0.3, 0.4) is 0 Å². The SMILES string of the molecule is COC(=O)CSCC[Si]12O[C@H](C)CN(C[C@H](C)O1)C[C@H](C)O2. The quantitative estimate of drug-likeness (QED) is 0.422. The van der Waals surface area contributed by atoms with Gasteiger partial charge in [-0.25, -0.2) is 0 Å². The van der Waals surface area contributed by atoms with Crippen LogP contribution in [0.4, 0.5) is 0 Å². The van der Waals surface area contributed by atoms with E-state index in [2.05, 4.69) is 30.4 Å². The minimum absolute atomic E-state index is 0.109. The Morgan fingerprint density at radius 1 is 1.14 bits per heavy atom. The summed E-state index contributed by atoms with van der Waals surface area (Å²) in [7, 11) is -1.29. The fraction of sp³-hybridized carbons (Fsp3) is 0.929. The summed E-state index contributed by atoms with van der Waals surface area (Å²) in [4.78, 5) is 13.6. The van der Waals surface area contributed by atoms with E-state index in [1.54, 1.807) is 11.8 Å². The largest absolute Gasteiger partial charge is 0.502 e. The number of rotatable bonds is 5. The van der Waals surface area contributed by atoms with Gasteiger partial charge in [0.25, 0.3) is 0 Å². The molecule has 0 aromatic rings. The number of methoxy groups -OCH3 is 1. The van der Waals surface area contributed by atoms with Crippen LogP contribution in [0, 0.1) is 0 Å². The maximum atomic E-state index is 11.2. The van der Waals surface area contributed by atoms with Crippen LogP contribution >= 0.6 is 11.8 Å². The topological polar surface area (TPSA) is 57.2 Å². The van der Waals surface area contributed by atoms with Gasteiger partial charge in [0, 0.05) is 25.7 Å². The van der Waals surface area contributed by atoms with E-state index in [9.17, 15) is 4.79 Å². The van der Waals surface area contributed by atoms with Gasteiger partial charge in [0.15, 0.2) is 0 Å². The van der Waals surface area contributed by atoms with Crippen LogP contribution in [0.2, 0.25) is 6.04 Å². The fourth-order valence-electron chi connectivity index (χ4n) is 3.02. The van der Waals surface area contributed by atoms with E-state index >= 15 is 0 Å². The molecule has 3 aliphatic heterocycles. The zero-order valence-corrected chi connectivity index (χ0v) is 15.7. The Morgan fingerprint density at radius 2 is 1.64 bits per heavy atom. The second-order valence-electron chi connectivity index (χ2n) is 6.07. The number of fused-ring (bicyclic) bond motifs is 6. The molecule has 3 saturated heterocycles. The van der Waals surface area contributed by atoms with Gasteiger partial charge in [-0.05, 0) is 26.5 Å². The van der Waals surface area contributed by atoms with Gasteiger partial charge in [-0.15, -0.1) is 0 Å². The first kappa shape index (κ1) is 18.2. The molecule has 0 radical (unpaired) electrons. The van der Waals surface area contributed by atoms with Crippen molar-refractivity contribution in [1.29, 1.82) is 0 Å². The Bertz CT molecular complexity index is 350. The highest BCUT2D eigenvalue weighted by molar-refractivity contribution is 8.00. The number of carbonyl (C=O) groups is 1. The Hall–Kier alpha value is -0.123. The highest BCUT2D eigenvalue weighted by Gasteiger charge is 2.48. The molecular formula is C14H27NO5SSi. The summed E-state index contributed by atoms with van der Waals surface area (Å²) in [6, 6.07) is 0.730. The van der Waals surface area contributed by atoms with E-state index in [1.807, 2.05) is 0 Å². The molecule has 2 bridgehead atoms. The summed E-state index contributed by atoms with van der Waals surface area (Å²) in [5.41, 5.74) is 0. The van der Waals surface area contributed by atoms with E-state index in [4.69, 9.17) is 13.3 Å². The normalized spacial score (nSPS) is 38.9. The van der Waals surface area contributed by atoms with Gasteiger partial charge in [-0.1, -0.05) is 0 Å². The lowest BCUT2D eigenvalue weighted by Gasteiger charge is -2.45. The Morgan fingerprint density at radius 3 is 2.09 bits per heavy atom. The number of ether oxygens (including phenoxy) is 1. The van der Waals surface area contributed by atoms with E-state index < -0.39 is 8.80 Å². The molecule has 22 heavy (non-hydrogen) atoms. The zero-order valence-electron chi connectivity index (χ0n) is 13.9. The molecule has 0 aromatic heterocycles. The molecule has 3 aliphatic rings. The third-order valence-corrected chi connectivity index (χ3v) is 8.13. The van der Waals surface area contributed by atoms with E-state index in [0.29, 0.717) is 5.75 Å². The van der Waals surface area contributed by atoms with E-state index in [1.165, 1.54) is 7.11 Å². The standard InChI is InChI=1S/C14H27NO5SSi/c1-11-7-15-8-12(2)19-22(18-11,20-13(3)9-15)6-5-21-10-14(16)17-4/h11-13H,5-10H2,1-4H3/t11-,12-,13+/m0/s1. The lowest BCUT2D eigenvalue weighted by atomic mass is 10.2. The average Bonchev–Trinajstić information content (AvgIpc) is 2.39. The van der Waals surface area contributed by atoms with Crippen molar-refractivity contribution in [1.82, 2.24) is 4.90 Å². The van der Waals surface area contributed by atoms with Crippen molar-refractivity contribution in [3.8, 4) is 0 Å². The van der Waals surface area contributed by atoms with Gasteiger partial charge < -0.3 is 18.0 Å². The number of hydrogen-bond acceptors (Lipinski definition) is 7. The third kappa shape index (κ3) is 5.21. The number of esters is 1. The number of carbonyl (C=O) groups excluding carboxylic acids is 1. The number of thioether (sulfide) groups is 1. The minimum atomic E-state index is -2.70. The highest BCUT2D eigenvalue weighted by atomic mass is 32.2. The maximum absolute atomic E-state index is 11.2. The van der Waals surface area contributed by atoms with Crippen LogP contribution in [0.1, 0.15) is 20.8 Å². The fourth-order valence-corrected chi connectivity index (χ4v) is 7.61. The average molecular weight is 350 g/mol. The van der Waals surface area contributed by atoms with Gasteiger partial charge in [-0.3, -0.25) is 9.69 Å². The Balaban J connectivity index is 1.99. The predicted octanol–water partition coefficient (Wildman–Crippen LogP) is 1.38. The molecule has 0 aromatic carbocycles. The summed E-state index contributed by atoms with van der Waals surface area (Å²) in [6.45, 7) is 9.00. The molecule has 0 amide bonds. The predicted molar refractivity (Wildman–Crippen MR) is 88.0 cm³/mol. The second kappa shape index (κ2) is 8.12. The molecule has 0 unspecified atom stereocenters. The zero-order chi connectivity index (χ0) is 16.2. The molecule has 0 spiro atoms. The van der Waals surface area contributed by atoms with E-state index in [0.717, 1.165) is 31.4 Å². The van der Waals surface area contributed by atoms with Gasteiger partial charge in [0.05, 0.1) is 31.2 Å². The van der Waals surface area contributed by atoms with Crippen LogP contribution < -0.4 is 0 Å². The minimum Gasteiger partial charge on any atom is -0.468 e. The highest BCUT2D eigenvalue weighted by Crippen LogP contribution is 2.29. The summed E-state index contributed by atoms with van der Waals surface area (Å²) in [5.74, 6) is 0.931. The molecule has 3 heterocycles. The molecule has 3 atom stereocenters. The van der Waals surface area contributed by atoms with Crippen molar-refractivity contribution in [2.45, 2.75) is 45.1 Å². The summed E-state index contributed by atoms with van der Waals surface area (Å²) in [5, 5.41) is 0. The maximum Gasteiger partial charge on any atom is 0.502 e. The first-order valence-corrected chi connectivity index (χ1v) is 10.9. The van der Waals surface area contributed by atoms with Gasteiger partial charge in [0.1, 0.15) is 0 Å². The lowest BCUT2D eigenvalue weighted by molar-refractivity contribution is -0.137. The van der Waals surface area contributed by atoms with Crippen LogP contribution in [0.5, 0.6) is 0 Å². The van der Waals surface area contributed by atoms with Crippen LogP contribution in [-0.4, -0.2) is 76.2 Å². The number of hydrogen-bond donors (Lipinski definition) is 0. The molecule has 6 nitrogen and oxygen atoms in total. The summed E-state index contributed by atoms with van der Waals surface area (Å²) < 4.78 is 23.4. The van der Waals surface area contributed by atoms with Crippen molar-refractivity contribution in [2.75, 3.05) is 38.2 Å². The van der Waals surface area contributed by atoms with E-state index in [-0.39, 0.29) is 24.3 Å². The summed E-state index contributed by atoms with van der Waals surface area (Å²) >= 11 is 1.54. The van der Waals surface area contributed by atoms with Crippen molar-refractivity contribution in [2.24, 2.45) is 0 Å². The first-order chi connectivity index (χ1) is 10.4. The first-order valence-electron chi connectivity index (χ1n) is 7.83. The monoisotopic (exact) mass is 349 g/mol. The molecule has 3 rings (SSSR count). The second-order valence-corrected chi connectivity index (χ2v) is 9.74. The molecular weight excluding hydrogens is 322 g/mol. The molecule has 0 saturated carbocycles. The third-order valence-electron chi connectivity index (χ3n) is 3.69. The van der Waals surface area contributed by atoms with Crippen LogP contribution in [0.25, 0.3) is 0 Å². The summed E-state index contributed by atoms with van der Waals surface area (Å²) in [6.07, 6.45) is 0.326.